The lowest BCUT2D eigenvalue weighted by atomic mass is 10.3. The van der Waals surface area contributed by atoms with Crippen molar-refractivity contribution in [3.05, 3.63) is 44.9 Å². The van der Waals surface area contributed by atoms with Gasteiger partial charge in [0.15, 0.2) is 0 Å². The Morgan fingerprint density at radius 1 is 1.50 bits per heavy atom. The zero-order chi connectivity index (χ0) is 13.3. The summed E-state index contributed by atoms with van der Waals surface area (Å²) < 4.78 is 28.1. The average Bonchev–Trinajstić information content (AvgIpc) is 2.63. The Labute approximate surface area is 109 Å². The minimum atomic E-state index is -1.85. The minimum absolute atomic E-state index is 0.253. The van der Waals surface area contributed by atoms with Gasteiger partial charge in [0.2, 0.25) is 0 Å². The van der Waals surface area contributed by atoms with Crippen molar-refractivity contribution in [2.75, 3.05) is 6.54 Å². The molecule has 0 unspecified atom stereocenters. The first-order valence-corrected chi connectivity index (χ1v) is 5.85. The van der Waals surface area contributed by atoms with Crippen LogP contribution in [0.15, 0.2) is 39.3 Å². The molecule has 0 saturated heterocycles. The van der Waals surface area contributed by atoms with Gasteiger partial charge in [0, 0.05) is 22.7 Å². The van der Waals surface area contributed by atoms with E-state index < -0.39 is 11.8 Å². The van der Waals surface area contributed by atoms with Crippen LogP contribution in [0.25, 0.3) is 5.65 Å². The van der Waals surface area contributed by atoms with Crippen molar-refractivity contribution in [2.24, 2.45) is 5.73 Å². The third kappa shape index (κ3) is 2.34. The van der Waals surface area contributed by atoms with Crippen LogP contribution in [0.4, 0.5) is 8.78 Å². The van der Waals surface area contributed by atoms with Gasteiger partial charge < -0.3 is 5.73 Å². The van der Waals surface area contributed by atoms with Crippen LogP contribution in [0.3, 0.4) is 0 Å². The fourth-order valence-corrected chi connectivity index (χ4v) is 1.88. The molecule has 2 aromatic rings. The van der Waals surface area contributed by atoms with Crippen LogP contribution in [0.2, 0.25) is 0 Å². The highest BCUT2D eigenvalue weighted by molar-refractivity contribution is 9.10. The number of H-pyrrole nitrogens is 1. The molecule has 2 heterocycles. The van der Waals surface area contributed by atoms with E-state index in [1.165, 1.54) is 4.40 Å². The SMILES string of the molecule is NCC(Cn1[nH]c2ccc(Br)c[n+]2c1=O)=C(F)F. The standard InChI is InChI=1S/C10H9BrF2N4O/c11-7-1-2-8-15-17(10(18)16(8)5-7)4-6(3-14)9(12)13/h1-2,5H,3-4,14H2/p+1. The number of halogens is 3. The average molecular weight is 320 g/mol. The summed E-state index contributed by atoms with van der Waals surface area (Å²) in [6, 6.07) is 3.41. The van der Waals surface area contributed by atoms with E-state index in [-0.39, 0.29) is 18.7 Å². The Kier molecular flexibility index (Phi) is 3.58. The topological polar surface area (TPSA) is 67.9 Å². The van der Waals surface area contributed by atoms with Gasteiger partial charge in [-0.15, -0.1) is 4.68 Å². The first-order chi connectivity index (χ1) is 8.52. The molecule has 0 aliphatic carbocycles. The second-order valence-electron chi connectivity index (χ2n) is 3.65. The first kappa shape index (κ1) is 12.9. The van der Waals surface area contributed by atoms with E-state index in [4.69, 9.17) is 5.73 Å². The maximum absolute atomic E-state index is 12.5. The summed E-state index contributed by atoms with van der Waals surface area (Å²) >= 11 is 3.23. The van der Waals surface area contributed by atoms with Gasteiger partial charge in [0.05, 0.1) is 6.20 Å². The van der Waals surface area contributed by atoms with Gasteiger partial charge in [-0.2, -0.15) is 18.3 Å². The molecule has 0 atom stereocenters. The molecule has 8 heteroatoms. The monoisotopic (exact) mass is 319 g/mol. The lowest BCUT2D eigenvalue weighted by Crippen LogP contribution is -2.41. The van der Waals surface area contributed by atoms with Crippen molar-refractivity contribution >= 4 is 21.6 Å². The van der Waals surface area contributed by atoms with Gasteiger partial charge >= 0.3 is 5.69 Å². The summed E-state index contributed by atoms with van der Waals surface area (Å²) in [5, 5.41) is 2.73. The number of hydrogen-bond acceptors (Lipinski definition) is 2. The molecular formula is C10H10BrF2N4O+. The molecule has 5 nitrogen and oxygen atoms in total. The molecule has 0 spiro atoms. The Bertz CT molecular complexity index is 672. The largest absolute Gasteiger partial charge is 0.476 e. The number of rotatable bonds is 3. The number of nitrogens with two attached hydrogens (primary N) is 1. The van der Waals surface area contributed by atoms with E-state index in [1.807, 2.05) is 0 Å². The van der Waals surface area contributed by atoms with Crippen molar-refractivity contribution in [3.8, 4) is 0 Å². The van der Waals surface area contributed by atoms with E-state index >= 15 is 0 Å². The molecule has 18 heavy (non-hydrogen) atoms. The van der Waals surface area contributed by atoms with Gasteiger partial charge in [0.25, 0.3) is 11.7 Å². The number of hydrogen-bond donors (Lipinski definition) is 2. The van der Waals surface area contributed by atoms with Gasteiger partial charge in [-0.3, -0.25) is 0 Å². The van der Waals surface area contributed by atoms with E-state index in [2.05, 4.69) is 21.0 Å². The smallest absolute Gasteiger partial charge is 0.326 e. The lowest BCUT2D eigenvalue weighted by Gasteiger charge is -1.97. The van der Waals surface area contributed by atoms with Crippen molar-refractivity contribution in [2.45, 2.75) is 6.54 Å². The van der Waals surface area contributed by atoms with Crippen LogP contribution >= 0.6 is 15.9 Å². The molecule has 0 fully saturated rings. The summed E-state index contributed by atoms with van der Waals surface area (Å²) in [6.07, 6.45) is -0.295. The highest BCUT2D eigenvalue weighted by Gasteiger charge is 2.17. The predicted molar refractivity (Wildman–Crippen MR) is 64.2 cm³/mol. The highest BCUT2D eigenvalue weighted by Crippen LogP contribution is 2.08. The van der Waals surface area contributed by atoms with E-state index in [0.29, 0.717) is 5.65 Å². The van der Waals surface area contributed by atoms with Crippen molar-refractivity contribution in [3.63, 3.8) is 0 Å². The second kappa shape index (κ2) is 4.99. The normalized spacial score (nSPS) is 10.9. The molecule has 2 rings (SSSR count). The first-order valence-electron chi connectivity index (χ1n) is 5.05. The molecule has 0 radical (unpaired) electrons. The summed E-state index contributed by atoms with van der Waals surface area (Å²) in [5.74, 6) is 0. The Hall–Kier alpha value is -1.54. The van der Waals surface area contributed by atoms with Crippen LogP contribution in [-0.2, 0) is 6.54 Å². The molecule has 0 aliphatic heterocycles. The zero-order valence-electron chi connectivity index (χ0n) is 9.16. The quantitative estimate of drug-likeness (QED) is 0.821. The third-order valence-electron chi connectivity index (χ3n) is 2.46. The maximum atomic E-state index is 12.5. The molecule has 3 N–H and O–H groups in total. The highest BCUT2D eigenvalue weighted by atomic mass is 79.9. The minimum Gasteiger partial charge on any atom is -0.326 e. The molecule has 0 aliphatic rings. The number of nitrogens with zero attached hydrogens (tertiary/aromatic N) is 2. The van der Waals surface area contributed by atoms with Crippen LogP contribution in [0.5, 0.6) is 0 Å². The fraction of sp³-hybridized carbons (Fsp3) is 0.200. The van der Waals surface area contributed by atoms with Crippen molar-refractivity contribution < 1.29 is 13.2 Å². The van der Waals surface area contributed by atoms with Gasteiger partial charge in [0.1, 0.15) is 6.54 Å². The van der Waals surface area contributed by atoms with Crippen LogP contribution in [0, 0.1) is 0 Å². The molecule has 0 amide bonds. The summed E-state index contributed by atoms with van der Waals surface area (Å²) in [4.78, 5) is 11.9. The summed E-state index contributed by atoms with van der Waals surface area (Å²) in [5.41, 5.74) is 5.01. The van der Waals surface area contributed by atoms with Gasteiger partial charge in [-0.25, -0.2) is 4.79 Å². The second-order valence-corrected chi connectivity index (χ2v) is 4.57. The van der Waals surface area contributed by atoms with E-state index in [1.54, 1.807) is 18.3 Å². The number of pyridine rings is 1. The molecule has 0 bridgehead atoms. The Morgan fingerprint density at radius 3 is 2.83 bits per heavy atom. The number of aromatic amines is 1. The maximum Gasteiger partial charge on any atom is 0.476 e. The predicted octanol–water partition coefficient (Wildman–Crippen LogP) is 0.787. The van der Waals surface area contributed by atoms with Crippen molar-refractivity contribution in [1.82, 2.24) is 9.78 Å². The molecule has 2 aromatic heterocycles. The summed E-state index contributed by atoms with van der Waals surface area (Å²) in [6.45, 7) is -0.546. The molecular weight excluding hydrogens is 310 g/mol. The molecule has 0 aromatic carbocycles. The van der Waals surface area contributed by atoms with Crippen LogP contribution in [-0.4, -0.2) is 16.3 Å². The van der Waals surface area contributed by atoms with Crippen LogP contribution in [0.1, 0.15) is 0 Å². The Morgan fingerprint density at radius 2 is 2.22 bits per heavy atom. The van der Waals surface area contributed by atoms with E-state index in [9.17, 15) is 13.6 Å². The van der Waals surface area contributed by atoms with Crippen molar-refractivity contribution in [1.29, 1.82) is 0 Å². The van der Waals surface area contributed by atoms with Gasteiger partial charge in [-0.05, 0) is 22.0 Å². The lowest BCUT2D eigenvalue weighted by molar-refractivity contribution is -0.530. The number of fused-ring (bicyclic) bond motifs is 1. The Balaban J connectivity index is 2.50. The van der Waals surface area contributed by atoms with Gasteiger partial charge in [-0.1, -0.05) is 0 Å². The molecule has 96 valence electrons. The third-order valence-corrected chi connectivity index (χ3v) is 2.93. The van der Waals surface area contributed by atoms with Crippen LogP contribution < -0.4 is 15.8 Å². The summed E-state index contributed by atoms with van der Waals surface area (Å²) in [7, 11) is 0. The molecule has 0 saturated carbocycles. The van der Waals surface area contributed by atoms with E-state index in [0.717, 1.165) is 9.15 Å². The number of aromatic nitrogens is 3. The fourth-order valence-electron chi connectivity index (χ4n) is 1.54. The zero-order valence-corrected chi connectivity index (χ0v) is 10.7. The number of nitrogens with one attached hydrogen (secondary N) is 1.